The van der Waals surface area contributed by atoms with Crippen LogP contribution in [0.15, 0.2) is 41.8 Å². The van der Waals surface area contributed by atoms with E-state index in [4.69, 9.17) is 9.47 Å². The third-order valence-corrected chi connectivity index (χ3v) is 3.88. The van der Waals surface area contributed by atoms with Crippen LogP contribution < -0.4 is 10.1 Å². The molecule has 0 aliphatic heterocycles. The first kappa shape index (κ1) is 18.6. The summed E-state index contributed by atoms with van der Waals surface area (Å²) < 4.78 is 23.2. The van der Waals surface area contributed by atoms with Crippen molar-refractivity contribution in [3.8, 4) is 5.75 Å². The molecule has 2 aromatic rings. The Labute approximate surface area is 147 Å². The van der Waals surface area contributed by atoms with E-state index in [-0.39, 0.29) is 5.75 Å². The van der Waals surface area contributed by atoms with Crippen LogP contribution in [0.2, 0.25) is 0 Å². The second kappa shape index (κ2) is 7.89. The van der Waals surface area contributed by atoms with Crippen LogP contribution in [-0.2, 0) is 14.3 Å². The van der Waals surface area contributed by atoms with Crippen molar-refractivity contribution in [3.05, 3.63) is 52.5 Å². The number of carbonyl (C=O) groups excluding carboxylic acids is 3. The van der Waals surface area contributed by atoms with Gasteiger partial charge in [0, 0.05) is 0 Å². The number of ether oxygens (including phenoxy) is 2. The molecule has 0 aliphatic carbocycles. The van der Waals surface area contributed by atoms with E-state index in [1.165, 1.54) is 49.4 Å². The SMILES string of the molecule is CC(C)(Oc1ccc(F)cc1)C(=O)OCC(=O)NC(=O)c1cccs1. The number of thiophene rings is 1. The van der Waals surface area contributed by atoms with Crippen LogP contribution in [0.5, 0.6) is 5.75 Å². The van der Waals surface area contributed by atoms with Gasteiger partial charge in [0.25, 0.3) is 11.8 Å². The molecule has 0 spiro atoms. The molecule has 1 heterocycles. The van der Waals surface area contributed by atoms with E-state index in [0.29, 0.717) is 4.88 Å². The fourth-order valence-corrected chi connectivity index (χ4v) is 2.39. The number of halogens is 1. The Kier molecular flexibility index (Phi) is 5.87. The van der Waals surface area contributed by atoms with Gasteiger partial charge in [0.15, 0.2) is 12.2 Å². The van der Waals surface area contributed by atoms with Crippen LogP contribution in [0, 0.1) is 5.82 Å². The van der Waals surface area contributed by atoms with Crippen molar-refractivity contribution in [1.82, 2.24) is 5.32 Å². The van der Waals surface area contributed by atoms with Crippen LogP contribution in [-0.4, -0.2) is 30.0 Å². The minimum atomic E-state index is -1.39. The molecular formula is C17H16FNO5S. The van der Waals surface area contributed by atoms with E-state index in [0.717, 1.165) is 0 Å². The summed E-state index contributed by atoms with van der Waals surface area (Å²) in [7, 11) is 0. The van der Waals surface area contributed by atoms with E-state index >= 15 is 0 Å². The van der Waals surface area contributed by atoms with Gasteiger partial charge in [-0.3, -0.25) is 14.9 Å². The normalized spacial score (nSPS) is 10.8. The van der Waals surface area contributed by atoms with Gasteiger partial charge in [-0.2, -0.15) is 0 Å². The zero-order valence-corrected chi connectivity index (χ0v) is 14.4. The standard InChI is InChI=1S/C17H16FNO5S/c1-17(2,24-12-7-5-11(18)6-8-12)16(22)23-10-14(20)19-15(21)13-4-3-9-25-13/h3-9H,10H2,1-2H3,(H,19,20,21). The molecule has 0 atom stereocenters. The van der Waals surface area contributed by atoms with Gasteiger partial charge in [0.05, 0.1) is 4.88 Å². The maximum absolute atomic E-state index is 12.9. The third-order valence-electron chi connectivity index (χ3n) is 3.01. The van der Waals surface area contributed by atoms with Gasteiger partial charge < -0.3 is 9.47 Å². The molecule has 1 aromatic carbocycles. The fraction of sp³-hybridized carbons (Fsp3) is 0.235. The average molecular weight is 365 g/mol. The molecule has 1 N–H and O–H groups in total. The highest BCUT2D eigenvalue weighted by atomic mass is 32.1. The van der Waals surface area contributed by atoms with Crippen molar-refractivity contribution < 1.29 is 28.2 Å². The van der Waals surface area contributed by atoms with Gasteiger partial charge in [-0.15, -0.1) is 11.3 Å². The predicted octanol–water partition coefficient (Wildman–Crippen LogP) is 2.54. The maximum atomic E-state index is 12.9. The van der Waals surface area contributed by atoms with Crippen molar-refractivity contribution >= 4 is 29.1 Å². The summed E-state index contributed by atoms with van der Waals surface area (Å²) in [6, 6.07) is 8.38. The first-order valence-electron chi connectivity index (χ1n) is 7.27. The third kappa shape index (κ3) is 5.39. The Bertz CT molecular complexity index is 756. The Morgan fingerprint density at radius 2 is 1.84 bits per heavy atom. The van der Waals surface area contributed by atoms with E-state index < -0.39 is 35.8 Å². The molecule has 2 amide bonds. The van der Waals surface area contributed by atoms with Crippen molar-refractivity contribution in [2.45, 2.75) is 19.4 Å². The summed E-state index contributed by atoms with van der Waals surface area (Å²) >= 11 is 1.19. The predicted molar refractivity (Wildman–Crippen MR) is 88.9 cm³/mol. The molecule has 0 saturated carbocycles. The average Bonchev–Trinajstić information content (AvgIpc) is 3.09. The van der Waals surface area contributed by atoms with E-state index in [2.05, 4.69) is 5.32 Å². The van der Waals surface area contributed by atoms with E-state index in [1.807, 2.05) is 0 Å². The molecule has 25 heavy (non-hydrogen) atoms. The summed E-state index contributed by atoms with van der Waals surface area (Å²) in [5, 5.41) is 3.82. The highest BCUT2D eigenvalue weighted by Crippen LogP contribution is 2.19. The second-order valence-corrected chi connectivity index (χ2v) is 6.44. The van der Waals surface area contributed by atoms with Gasteiger partial charge >= 0.3 is 5.97 Å². The summed E-state index contributed by atoms with van der Waals surface area (Å²) in [6.45, 7) is 2.28. The number of nitrogens with one attached hydrogen (secondary N) is 1. The van der Waals surface area contributed by atoms with Crippen molar-refractivity contribution in [2.24, 2.45) is 0 Å². The van der Waals surface area contributed by atoms with Gasteiger partial charge in [-0.05, 0) is 49.6 Å². The molecule has 6 nitrogen and oxygen atoms in total. The van der Waals surface area contributed by atoms with E-state index in [1.54, 1.807) is 17.5 Å². The number of hydrogen-bond donors (Lipinski definition) is 1. The largest absolute Gasteiger partial charge is 0.476 e. The topological polar surface area (TPSA) is 81.7 Å². The number of amides is 2. The Balaban J connectivity index is 1.84. The lowest BCUT2D eigenvalue weighted by molar-refractivity contribution is -0.161. The number of imide groups is 1. The first-order chi connectivity index (χ1) is 11.8. The molecule has 0 unspecified atom stereocenters. The molecule has 1 aromatic heterocycles. The minimum absolute atomic E-state index is 0.278. The van der Waals surface area contributed by atoms with Crippen molar-refractivity contribution in [1.29, 1.82) is 0 Å². The highest BCUT2D eigenvalue weighted by Gasteiger charge is 2.32. The van der Waals surface area contributed by atoms with Crippen molar-refractivity contribution in [3.63, 3.8) is 0 Å². The van der Waals surface area contributed by atoms with Crippen LogP contribution >= 0.6 is 11.3 Å². The maximum Gasteiger partial charge on any atom is 0.350 e. The molecule has 0 bridgehead atoms. The van der Waals surface area contributed by atoms with Gasteiger partial charge in [0.1, 0.15) is 11.6 Å². The lowest BCUT2D eigenvalue weighted by Crippen LogP contribution is -2.42. The van der Waals surface area contributed by atoms with Gasteiger partial charge in [0.2, 0.25) is 0 Å². The first-order valence-corrected chi connectivity index (χ1v) is 8.15. The van der Waals surface area contributed by atoms with Crippen LogP contribution in [0.25, 0.3) is 0 Å². The quantitative estimate of drug-likeness (QED) is 0.796. The molecule has 2 rings (SSSR count). The molecule has 0 fully saturated rings. The Morgan fingerprint density at radius 1 is 1.16 bits per heavy atom. The number of rotatable bonds is 6. The smallest absolute Gasteiger partial charge is 0.350 e. The number of hydrogen-bond acceptors (Lipinski definition) is 6. The van der Waals surface area contributed by atoms with Crippen LogP contribution in [0.3, 0.4) is 0 Å². The summed E-state index contributed by atoms with van der Waals surface area (Å²) in [4.78, 5) is 35.8. The number of carbonyl (C=O) groups is 3. The zero-order valence-electron chi connectivity index (χ0n) is 13.6. The lowest BCUT2D eigenvalue weighted by Gasteiger charge is -2.24. The minimum Gasteiger partial charge on any atom is -0.476 e. The van der Waals surface area contributed by atoms with Crippen molar-refractivity contribution in [2.75, 3.05) is 6.61 Å². The monoisotopic (exact) mass is 365 g/mol. The molecule has 8 heteroatoms. The molecule has 0 radical (unpaired) electrons. The second-order valence-electron chi connectivity index (χ2n) is 5.50. The van der Waals surface area contributed by atoms with Gasteiger partial charge in [-0.1, -0.05) is 6.07 Å². The zero-order chi connectivity index (χ0) is 18.4. The Hall–Kier alpha value is -2.74. The molecule has 0 aliphatic rings. The summed E-state index contributed by atoms with van der Waals surface area (Å²) in [5.74, 6) is -2.25. The van der Waals surface area contributed by atoms with Crippen LogP contribution in [0.4, 0.5) is 4.39 Å². The molecular weight excluding hydrogens is 349 g/mol. The highest BCUT2D eigenvalue weighted by molar-refractivity contribution is 7.12. The fourth-order valence-electron chi connectivity index (χ4n) is 1.78. The number of esters is 1. The van der Waals surface area contributed by atoms with Crippen LogP contribution in [0.1, 0.15) is 23.5 Å². The molecule has 132 valence electrons. The number of benzene rings is 1. The summed E-state index contributed by atoms with van der Waals surface area (Å²) in [6.07, 6.45) is 0. The molecule has 0 saturated heterocycles. The van der Waals surface area contributed by atoms with E-state index in [9.17, 15) is 18.8 Å². The Morgan fingerprint density at radius 3 is 2.44 bits per heavy atom. The summed E-state index contributed by atoms with van der Waals surface area (Å²) in [5.41, 5.74) is -1.39. The lowest BCUT2D eigenvalue weighted by atomic mass is 10.1. The van der Waals surface area contributed by atoms with Gasteiger partial charge in [-0.25, -0.2) is 9.18 Å².